The number of rotatable bonds is 5. The van der Waals surface area contributed by atoms with E-state index >= 15 is 0 Å². The van der Waals surface area contributed by atoms with Gasteiger partial charge >= 0.3 is 0 Å². The van der Waals surface area contributed by atoms with Crippen molar-refractivity contribution in [2.45, 2.75) is 33.1 Å². The standard InChI is InChI=1S/C10H18N2O/c1-8(2)11-6-3-7-12-10(13)9-4-5-9/h9H,3-7H2,1-2H3,(H,12,13). The van der Waals surface area contributed by atoms with Crippen LogP contribution in [0.3, 0.4) is 0 Å². The average Bonchev–Trinajstić information content (AvgIpc) is 2.85. The Labute approximate surface area is 79.6 Å². The van der Waals surface area contributed by atoms with Crippen LogP contribution < -0.4 is 5.32 Å². The van der Waals surface area contributed by atoms with Gasteiger partial charge in [0.2, 0.25) is 5.91 Å². The first-order valence-corrected chi connectivity index (χ1v) is 4.95. The molecule has 3 heteroatoms. The van der Waals surface area contributed by atoms with Crippen molar-refractivity contribution in [2.24, 2.45) is 10.9 Å². The van der Waals surface area contributed by atoms with Crippen LogP contribution in [0, 0.1) is 5.92 Å². The van der Waals surface area contributed by atoms with Gasteiger partial charge in [-0.25, -0.2) is 0 Å². The number of nitrogens with one attached hydrogen (secondary N) is 1. The summed E-state index contributed by atoms with van der Waals surface area (Å²) in [6.45, 7) is 5.57. The monoisotopic (exact) mass is 182 g/mol. The molecule has 1 fully saturated rings. The number of hydrogen-bond acceptors (Lipinski definition) is 2. The summed E-state index contributed by atoms with van der Waals surface area (Å²) in [6.07, 6.45) is 3.11. The molecule has 0 radical (unpaired) electrons. The van der Waals surface area contributed by atoms with Crippen LogP contribution in [0.4, 0.5) is 0 Å². The molecule has 74 valence electrons. The van der Waals surface area contributed by atoms with Gasteiger partial charge in [0.15, 0.2) is 0 Å². The summed E-state index contributed by atoms with van der Waals surface area (Å²) in [5.74, 6) is 0.564. The molecule has 0 unspecified atom stereocenters. The molecular weight excluding hydrogens is 164 g/mol. The Bertz CT molecular complexity index is 203. The Morgan fingerprint density at radius 3 is 2.69 bits per heavy atom. The van der Waals surface area contributed by atoms with Gasteiger partial charge in [-0.3, -0.25) is 9.79 Å². The van der Waals surface area contributed by atoms with E-state index in [2.05, 4.69) is 10.3 Å². The maximum atomic E-state index is 11.2. The summed E-state index contributed by atoms with van der Waals surface area (Å²) in [5.41, 5.74) is 1.11. The van der Waals surface area contributed by atoms with Crippen LogP contribution in [-0.2, 0) is 4.79 Å². The van der Waals surface area contributed by atoms with Crippen molar-refractivity contribution in [3.8, 4) is 0 Å². The van der Waals surface area contributed by atoms with Gasteiger partial charge in [-0.2, -0.15) is 0 Å². The highest BCUT2D eigenvalue weighted by molar-refractivity contribution is 5.80. The topological polar surface area (TPSA) is 41.5 Å². The molecule has 0 aromatic rings. The van der Waals surface area contributed by atoms with Crippen molar-refractivity contribution >= 4 is 11.6 Å². The predicted molar refractivity (Wildman–Crippen MR) is 54.0 cm³/mol. The minimum absolute atomic E-state index is 0.234. The van der Waals surface area contributed by atoms with E-state index < -0.39 is 0 Å². The van der Waals surface area contributed by atoms with Crippen LogP contribution >= 0.6 is 0 Å². The molecule has 0 aromatic heterocycles. The molecule has 0 saturated heterocycles. The van der Waals surface area contributed by atoms with E-state index in [-0.39, 0.29) is 5.91 Å². The molecule has 1 saturated carbocycles. The van der Waals surface area contributed by atoms with Gasteiger partial charge in [0, 0.05) is 24.7 Å². The Balaban J connectivity index is 1.94. The Kier molecular flexibility index (Phi) is 3.93. The predicted octanol–water partition coefficient (Wildman–Crippen LogP) is 1.38. The largest absolute Gasteiger partial charge is 0.356 e. The molecule has 0 atom stereocenters. The Morgan fingerprint density at radius 1 is 1.46 bits per heavy atom. The molecule has 0 heterocycles. The lowest BCUT2D eigenvalue weighted by atomic mass is 10.3. The lowest BCUT2D eigenvalue weighted by molar-refractivity contribution is -0.122. The van der Waals surface area contributed by atoms with Crippen LogP contribution in [0.25, 0.3) is 0 Å². The van der Waals surface area contributed by atoms with Gasteiger partial charge in [-0.05, 0) is 33.1 Å². The van der Waals surface area contributed by atoms with E-state index in [1.807, 2.05) is 13.8 Å². The lowest BCUT2D eigenvalue weighted by Crippen LogP contribution is -2.26. The molecule has 1 aliphatic rings. The molecule has 0 aliphatic heterocycles. The molecule has 1 aliphatic carbocycles. The third kappa shape index (κ3) is 4.65. The minimum Gasteiger partial charge on any atom is -0.356 e. The molecule has 1 rings (SSSR count). The van der Waals surface area contributed by atoms with Gasteiger partial charge < -0.3 is 5.32 Å². The highest BCUT2D eigenvalue weighted by Crippen LogP contribution is 2.28. The second kappa shape index (κ2) is 5.00. The van der Waals surface area contributed by atoms with E-state index in [1.54, 1.807) is 0 Å². The van der Waals surface area contributed by atoms with E-state index in [1.165, 1.54) is 0 Å². The zero-order chi connectivity index (χ0) is 9.68. The number of amides is 1. The van der Waals surface area contributed by atoms with Crippen molar-refractivity contribution in [1.82, 2.24) is 5.32 Å². The van der Waals surface area contributed by atoms with Crippen LogP contribution in [0.15, 0.2) is 4.99 Å². The zero-order valence-corrected chi connectivity index (χ0v) is 8.47. The second-order valence-corrected chi connectivity index (χ2v) is 3.75. The molecule has 1 N–H and O–H groups in total. The molecule has 13 heavy (non-hydrogen) atoms. The fraction of sp³-hybridized carbons (Fsp3) is 0.800. The first-order valence-electron chi connectivity index (χ1n) is 4.95. The van der Waals surface area contributed by atoms with Crippen molar-refractivity contribution in [1.29, 1.82) is 0 Å². The fourth-order valence-corrected chi connectivity index (χ4v) is 1.08. The molecule has 0 aromatic carbocycles. The Morgan fingerprint density at radius 2 is 2.15 bits per heavy atom. The quantitative estimate of drug-likeness (QED) is 0.506. The number of carbonyl (C=O) groups excluding carboxylic acids is 1. The van der Waals surface area contributed by atoms with Crippen molar-refractivity contribution < 1.29 is 4.79 Å². The van der Waals surface area contributed by atoms with Gasteiger partial charge in [0.25, 0.3) is 0 Å². The number of nitrogens with zero attached hydrogens (tertiary/aromatic N) is 1. The second-order valence-electron chi connectivity index (χ2n) is 3.75. The summed E-state index contributed by atoms with van der Waals surface area (Å²) in [5, 5.41) is 2.91. The molecule has 0 spiro atoms. The van der Waals surface area contributed by atoms with Crippen LogP contribution in [0.5, 0.6) is 0 Å². The number of hydrogen-bond donors (Lipinski definition) is 1. The first kappa shape index (κ1) is 10.2. The van der Waals surface area contributed by atoms with Crippen LogP contribution in [0.2, 0.25) is 0 Å². The fourth-order valence-electron chi connectivity index (χ4n) is 1.08. The Hall–Kier alpha value is -0.860. The van der Waals surface area contributed by atoms with Gasteiger partial charge in [0.1, 0.15) is 0 Å². The van der Waals surface area contributed by atoms with Crippen LogP contribution in [-0.4, -0.2) is 24.7 Å². The smallest absolute Gasteiger partial charge is 0.223 e. The van der Waals surface area contributed by atoms with Crippen molar-refractivity contribution in [2.75, 3.05) is 13.1 Å². The third-order valence-corrected chi connectivity index (χ3v) is 2.01. The highest BCUT2D eigenvalue weighted by atomic mass is 16.2. The van der Waals surface area contributed by atoms with E-state index in [0.29, 0.717) is 5.92 Å². The van der Waals surface area contributed by atoms with Gasteiger partial charge in [-0.1, -0.05) is 0 Å². The summed E-state index contributed by atoms with van der Waals surface area (Å²) < 4.78 is 0. The average molecular weight is 182 g/mol. The zero-order valence-electron chi connectivity index (χ0n) is 8.47. The highest BCUT2D eigenvalue weighted by Gasteiger charge is 2.28. The van der Waals surface area contributed by atoms with Gasteiger partial charge in [0.05, 0.1) is 0 Å². The third-order valence-electron chi connectivity index (χ3n) is 2.01. The molecule has 3 nitrogen and oxygen atoms in total. The first-order chi connectivity index (χ1) is 6.20. The number of aliphatic imine (C=N–C) groups is 1. The van der Waals surface area contributed by atoms with E-state index in [9.17, 15) is 4.79 Å². The minimum atomic E-state index is 0.234. The number of carbonyl (C=O) groups is 1. The van der Waals surface area contributed by atoms with Crippen LogP contribution in [0.1, 0.15) is 33.1 Å². The van der Waals surface area contributed by atoms with E-state index in [4.69, 9.17) is 0 Å². The van der Waals surface area contributed by atoms with Crippen molar-refractivity contribution in [3.63, 3.8) is 0 Å². The van der Waals surface area contributed by atoms with Crippen molar-refractivity contribution in [3.05, 3.63) is 0 Å². The maximum absolute atomic E-state index is 11.2. The lowest BCUT2D eigenvalue weighted by Gasteiger charge is -2.01. The summed E-state index contributed by atoms with van der Waals surface area (Å²) in [7, 11) is 0. The molecular formula is C10H18N2O. The summed E-state index contributed by atoms with van der Waals surface area (Å²) in [6, 6.07) is 0. The van der Waals surface area contributed by atoms with Gasteiger partial charge in [-0.15, -0.1) is 0 Å². The normalized spacial score (nSPS) is 15.2. The molecule has 1 amide bonds. The van der Waals surface area contributed by atoms with E-state index in [0.717, 1.165) is 38.1 Å². The SMILES string of the molecule is CC(C)=NCCCNC(=O)C1CC1. The molecule has 0 bridgehead atoms. The summed E-state index contributed by atoms with van der Waals surface area (Å²) >= 11 is 0. The summed E-state index contributed by atoms with van der Waals surface area (Å²) in [4.78, 5) is 15.4. The maximum Gasteiger partial charge on any atom is 0.223 e.